The van der Waals surface area contributed by atoms with Crippen LogP contribution in [0.4, 0.5) is 0 Å². The molecule has 0 fully saturated rings. The minimum atomic E-state index is -0.831. The molecule has 0 atom stereocenters. The number of rotatable bonds is 3. The Morgan fingerprint density at radius 1 is 1.31 bits per heavy atom. The van der Waals surface area contributed by atoms with Crippen molar-refractivity contribution in [1.29, 1.82) is 0 Å². The number of carbonyl (C=O) groups is 1. The maximum absolute atomic E-state index is 10.8. The number of phenolic OH excluding ortho intramolecular Hbond substituents is 1. The van der Waals surface area contributed by atoms with Gasteiger partial charge in [0, 0.05) is 5.41 Å². The molecule has 0 heterocycles. The highest BCUT2D eigenvalue weighted by Crippen LogP contribution is 2.32. The van der Waals surface area contributed by atoms with Gasteiger partial charge in [0.1, 0.15) is 5.75 Å². The number of hydrogen-bond acceptors (Lipinski definition) is 2. The van der Waals surface area contributed by atoms with Gasteiger partial charge in [0.2, 0.25) is 0 Å². The van der Waals surface area contributed by atoms with Crippen LogP contribution in [0.25, 0.3) is 0 Å². The van der Waals surface area contributed by atoms with Gasteiger partial charge in [-0.2, -0.15) is 0 Å². The van der Waals surface area contributed by atoms with E-state index in [1.54, 1.807) is 6.07 Å². The molecule has 0 saturated heterocycles. The van der Waals surface area contributed by atoms with E-state index in [9.17, 15) is 9.90 Å². The fourth-order valence-electron chi connectivity index (χ4n) is 1.71. The molecule has 0 radical (unpaired) electrons. The summed E-state index contributed by atoms with van der Waals surface area (Å²) in [6, 6.07) is 3.60. The lowest BCUT2D eigenvalue weighted by Crippen LogP contribution is -2.21. The van der Waals surface area contributed by atoms with Gasteiger partial charge >= 0.3 is 5.97 Å². The first-order chi connectivity index (χ1) is 7.24. The number of aliphatic carboxylic acids is 1. The Bertz CT molecular complexity index is 396. The summed E-state index contributed by atoms with van der Waals surface area (Å²) in [4.78, 5) is 10.8. The molecule has 0 aliphatic heterocycles. The van der Waals surface area contributed by atoms with Crippen LogP contribution in [-0.2, 0) is 10.2 Å². The molecule has 0 aromatic heterocycles. The number of carboxylic acids is 1. The number of aromatic hydroxyl groups is 1. The second-order valence-electron chi connectivity index (χ2n) is 4.89. The zero-order valence-electron chi connectivity index (χ0n) is 10.2. The molecule has 3 nitrogen and oxygen atoms in total. The van der Waals surface area contributed by atoms with Gasteiger partial charge in [-0.1, -0.05) is 19.9 Å². The Morgan fingerprint density at radius 3 is 2.31 bits per heavy atom. The molecule has 0 bridgehead atoms. The molecular weight excluding hydrogens is 204 g/mol. The molecule has 2 N–H and O–H groups in total. The van der Waals surface area contributed by atoms with Crippen LogP contribution in [0.1, 0.15) is 37.0 Å². The van der Waals surface area contributed by atoms with E-state index in [0.717, 1.165) is 16.7 Å². The number of carboxylic acid groups (broad SMARTS) is 1. The van der Waals surface area contributed by atoms with Crippen molar-refractivity contribution in [3.05, 3.63) is 28.8 Å². The molecular formula is C13H18O3. The topological polar surface area (TPSA) is 57.5 Å². The van der Waals surface area contributed by atoms with Gasteiger partial charge in [-0.25, -0.2) is 0 Å². The van der Waals surface area contributed by atoms with Crippen molar-refractivity contribution in [2.24, 2.45) is 0 Å². The quantitative estimate of drug-likeness (QED) is 0.826. The maximum atomic E-state index is 10.8. The first-order valence-corrected chi connectivity index (χ1v) is 5.26. The SMILES string of the molecule is Cc1cc(C(C)(C)CC(=O)O)cc(O)c1C. The molecule has 16 heavy (non-hydrogen) atoms. The molecule has 0 aliphatic rings. The normalized spacial score (nSPS) is 11.5. The van der Waals surface area contributed by atoms with Crippen molar-refractivity contribution in [2.45, 2.75) is 39.5 Å². The van der Waals surface area contributed by atoms with Crippen LogP contribution in [0.3, 0.4) is 0 Å². The molecule has 0 aliphatic carbocycles. The van der Waals surface area contributed by atoms with Crippen molar-refractivity contribution in [2.75, 3.05) is 0 Å². The van der Waals surface area contributed by atoms with E-state index in [4.69, 9.17) is 5.11 Å². The summed E-state index contributed by atoms with van der Waals surface area (Å²) in [5.41, 5.74) is 2.21. The molecule has 3 heteroatoms. The van der Waals surface area contributed by atoms with Gasteiger partial charge in [-0.3, -0.25) is 4.79 Å². The molecule has 1 aromatic rings. The fraction of sp³-hybridized carbons (Fsp3) is 0.462. The lowest BCUT2D eigenvalue weighted by molar-refractivity contribution is -0.138. The lowest BCUT2D eigenvalue weighted by Gasteiger charge is -2.24. The zero-order chi connectivity index (χ0) is 12.5. The van der Waals surface area contributed by atoms with Gasteiger partial charge in [0.25, 0.3) is 0 Å². The van der Waals surface area contributed by atoms with E-state index < -0.39 is 11.4 Å². The Morgan fingerprint density at radius 2 is 1.88 bits per heavy atom. The van der Waals surface area contributed by atoms with Crippen LogP contribution in [0.2, 0.25) is 0 Å². The molecule has 0 spiro atoms. The fourth-order valence-corrected chi connectivity index (χ4v) is 1.71. The molecule has 0 saturated carbocycles. The second kappa shape index (κ2) is 4.16. The third-order valence-electron chi connectivity index (χ3n) is 3.01. The molecule has 0 amide bonds. The molecule has 0 unspecified atom stereocenters. The Hall–Kier alpha value is -1.51. The zero-order valence-corrected chi connectivity index (χ0v) is 10.2. The van der Waals surface area contributed by atoms with Crippen LogP contribution >= 0.6 is 0 Å². The lowest BCUT2D eigenvalue weighted by atomic mass is 9.80. The number of benzene rings is 1. The van der Waals surface area contributed by atoms with E-state index in [2.05, 4.69) is 0 Å². The highest BCUT2D eigenvalue weighted by atomic mass is 16.4. The predicted octanol–water partition coefficient (Wildman–Crippen LogP) is 2.76. The van der Waals surface area contributed by atoms with Crippen molar-refractivity contribution in [3.8, 4) is 5.75 Å². The van der Waals surface area contributed by atoms with Crippen LogP contribution in [0, 0.1) is 13.8 Å². The largest absolute Gasteiger partial charge is 0.508 e. The van der Waals surface area contributed by atoms with Gasteiger partial charge < -0.3 is 10.2 Å². The Kier molecular flexibility index (Phi) is 3.27. The maximum Gasteiger partial charge on any atom is 0.304 e. The summed E-state index contributed by atoms with van der Waals surface area (Å²) in [6.45, 7) is 7.49. The average molecular weight is 222 g/mol. The summed E-state index contributed by atoms with van der Waals surface area (Å²) in [6.07, 6.45) is 0.0505. The highest BCUT2D eigenvalue weighted by molar-refractivity contribution is 5.69. The standard InChI is InChI=1S/C13H18O3/c1-8-5-10(6-11(14)9(8)2)13(3,4)7-12(15)16/h5-6,14H,7H2,1-4H3,(H,15,16). The van der Waals surface area contributed by atoms with E-state index in [-0.39, 0.29) is 12.2 Å². The van der Waals surface area contributed by atoms with Crippen LogP contribution in [-0.4, -0.2) is 16.2 Å². The first-order valence-electron chi connectivity index (χ1n) is 5.26. The van der Waals surface area contributed by atoms with E-state index in [1.807, 2.05) is 33.8 Å². The smallest absolute Gasteiger partial charge is 0.304 e. The van der Waals surface area contributed by atoms with Crippen molar-refractivity contribution < 1.29 is 15.0 Å². The third-order valence-corrected chi connectivity index (χ3v) is 3.01. The predicted molar refractivity (Wildman–Crippen MR) is 62.9 cm³/mol. The minimum absolute atomic E-state index is 0.0505. The Labute approximate surface area is 95.7 Å². The van der Waals surface area contributed by atoms with E-state index >= 15 is 0 Å². The van der Waals surface area contributed by atoms with Gasteiger partial charge in [-0.05, 0) is 36.6 Å². The van der Waals surface area contributed by atoms with Gasteiger partial charge in [0.15, 0.2) is 0 Å². The number of phenols is 1. The van der Waals surface area contributed by atoms with Crippen molar-refractivity contribution >= 4 is 5.97 Å². The van der Waals surface area contributed by atoms with Crippen LogP contribution in [0.5, 0.6) is 5.75 Å². The van der Waals surface area contributed by atoms with Gasteiger partial charge in [0.05, 0.1) is 6.42 Å². The summed E-state index contributed by atoms with van der Waals surface area (Å²) in [5, 5.41) is 18.6. The van der Waals surface area contributed by atoms with Gasteiger partial charge in [-0.15, -0.1) is 0 Å². The third kappa shape index (κ3) is 2.54. The minimum Gasteiger partial charge on any atom is -0.508 e. The summed E-state index contributed by atoms with van der Waals surface area (Å²) in [5.74, 6) is -0.601. The summed E-state index contributed by atoms with van der Waals surface area (Å²) in [7, 11) is 0. The summed E-state index contributed by atoms with van der Waals surface area (Å²) < 4.78 is 0. The molecule has 1 rings (SSSR count). The average Bonchev–Trinajstić information content (AvgIpc) is 2.11. The summed E-state index contributed by atoms with van der Waals surface area (Å²) >= 11 is 0. The van der Waals surface area contributed by atoms with Crippen LogP contribution < -0.4 is 0 Å². The monoisotopic (exact) mass is 222 g/mol. The molecule has 88 valence electrons. The highest BCUT2D eigenvalue weighted by Gasteiger charge is 2.25. The molecule has 1 aromatic carbocycles. The second-order valence-corrected chi connectivity index (χ2v) is 4.89. The van der Waals surface area contributed by atoms with Crippen LogP contribution in [0.15, 0.2) is 12.1 Å². The number of aryl methyl sites for hydroxylation is 1. The van der Waals surface area contributed by atoms with Crippen molar-refractivity contribution in [1.82, 2.24) is 0 Å². The number of hydrogen-bond donors (Lipinski definition) is 2. The Balaban J connectivity index is 3.18. The first kappa shape index (κ1) is 12.6. The van der Waals surface area contributed by atoms with E-state index in [1.165, 1.54) is 0 Å². The van der Waals surface area contributed by atoms with E-state index in [0.29, 0.717) is 0 Å². The van der Waals surface area contributed by atoms with Crippen molar-refractivity contribution in [3.63, 3.8) is 0 Å².